The maximum absolute atomic E-state index is 12.8. The summed E-state index contributed by atoms with van der Waals surface area (Å²) in [5.41, 5.74) is 1.20. The van der Waals surface area contributed by atoms with Crippen LogP contribution in [0.2, 0.25) is 0 Å². The van der Waals surface area contributed by atoms with Crippen molar-refractivity contribution in [2.75, 3.05) is 12.4 Å². The van der Waals surface area contributed by atoms with Crippen molar-refractivity contribution < 1.29 is 9.53 Å². The van der Waals surface area contributed by atoms with Crippen LogP contribution in [0, 0.1) is 0 Å². The van der Waals surface area contributed by atoms with Crippen molar-refractivity contribution in [1.29, 1.82) is 0 Å². The van der Waals surface area contributed by atoms with Crippen molar-refractivity contribution in [2.24, 2.45) is 0 Å². The van der Waals surface area contributed by atoms with E-state index in [0.29, 0.717) is 46.5 Å². The van der Waals surface area contributed by atoms with Gasteiger partial charge in [-0.15, -0.1) is 16.8 Å². The molecule has 0 bridgehead atoms. The molecule has 0 aliphatic carbocycles. The molecule has 152 valence electrons. The number of hydrogen-bond donors (Lipinski definition) is 0. The van der Waals surface area contributed by atoms with Gasteiger partial charge in [-0.2, -0.15) is 0 Å². The van der Waals surface area contributed by atoms with E-state index in [1.807, 2.05) is 34.7 Å². The number of allylic oxidation sites excluding steroid dienone is 1. The lowest BCUT2D eigenvalue weighted by Crippen LogP contribution is -2.22. The number of rotatable bonds is 8. The van der Waals surface area contributed by atoms with E-state index >= 15 is 0 Å². The molecule has 30 heavy (non-hydrogen) atoms. The van der Waals surface area contributed by atoms with Gasteiger partial charge in [0.05, 0.1) is 23.1 Å². The Bertz CT molecular complexity index is 1310. The number of carbonyl (C=O) groups excluding carboxylic acids is 1. The largest absolute Gasteiger partial charge is 0.492 e. The van der Waals surface area contributed by atoms with E-state index < -0.39 is 0 Å². The summed E-state index contributed by atoms with van der Waals surface area (Å²) in [6, 6.07) is 14.6. The zero-order valence-electron chi connectivity index (χ0n) is 16.4. The van der Waals surface area contributed by atoms with Crippen molar-refractivity contribution in [3.05, 3.63) is 77.1 Å². The quantitative estimate of drug-likeness (QED) is 0.188. The van der Waals surface area contributed by atoms with Crippen molar-refractivity contribution >= 4 is 34.2 Å². The molecular weight excluding hydrogens is 400 g/mol. The molecule has 4 rings (SSSR count). The molecule has 0 spiro atoms. The molecule has 2 heterocycles. The summed E-state index contributed by atoms with van der Waals surface area (Å²) in [4.78, 5) is 24.6. The monoisotopic (exact) mass is 420 g/mol. The summed E-state index contributed by atoms with van der Waals surface area (Å²) in [5.74, 6) is 1.61. The van der Waals surface area contributed by atoms with Crippen molar-refractivity contribution in [2.45, 2.75) is 18.6 Å². The zero-order valence-corrected chi connectivity index (χ0v) is 17.3. The van der Waals surface area contributed by atoms with E-state index in [9.17, 15) is 9.59 Å². The first-order chi connectivity index (χ1) is 14.6. The number of Topliss-reactive ketones (excluding diaryl/α,β-unsaturated/α-hetero) is 1. The van der Waals surface area contributed by atoms with Gasteiger partial charge in [0.25, 0.3) is 5.56 Å². The van der Waals surface area contributed by atoms with Crippen molar-refractivity contribution in [3.63, 3.8) is 0 Å². The standard InChI is InChI=1S/C22H20N4O3S/c1-3-12-25-20(28)17-9-4-6-10-18(17)26-21(25)23-24-22(26)30-14-13-29-19-11-7-5-8-16(19)15(2)27/h3-11H,1,12-14H2,2H3. The molecule has 8 heteroatoms. The molecule has 0 unspecified atom stereocenters. The molecule has 0 fully saturated rings. The van der Waals surface area contributed by atoms with Crippen molar-refractivity contribution in [3.8, 4) is 5.75 Å². The number of para-hydroxylation sites is 2. The first-order valence-corrected chi connectivity index (χ1v) is 10.4. The molecule has 4 aromatic rings. The molecular formula is C22H20N4O3S. The Hall–Kier alpha value is -3.39. The lowest BCUT2D eigenvalue weighted by atomic mass is 10.1. The van der Waals surface area contributed by atoms with Crippen molar-refractivity contribution in [1.82, 2.24) is 19.2 Å². The summed E-state index contributed by atoms with van der Waals surface area (Å²) < 4.78 is 9.25. The number of ketones is 1. The van der Waals surface area contributed by atoms with Crippen LogP contribution in [0.4, 0.5) is 0 Å². The highest BCUT2D eigenvalue weighted by Crippen LogP contribution is 2.23. The van der Waals surface area contributed by atoms with Gasteiger partial charge in [0, 0.05) is 12.3 Å². The molecule has 0 amide bonds. The van der Waals surface area contributed by atoms with Crippen LogP contribution < -0.4 is 10.3 Å². The fourth-order valence-corrected chi connectivity index (χ4v) is 4.05. The Balaban J connectivity index is 1.61. The number of fused-ring (bicyclic) bond motifs is 3. The Morgan fingerprint density at radius 3 is 2.73 bits per heavy atom. The Morgan fingerprint density at radius 2 is 1.93 bits per heavy atom. The Labute approximate surface area is 177 Å². The average molecular weight is 420 g/mol. The SMILES string of the molecule is C=CCn1c(=O)c2ccccc2n2c(SCCOc3ccccc3C(C)=O)nnc12. The lowest BCUT2D eigenvalue weighted by molar-refractivity contribution is 0.101. The van der Waals surface area contributed by atoms with Gasteiger partial charge in [-0.25, -0.2) is 0 Å². The number of nitrogens with zero attached hydrogens (tertiary/aromatic N) is 4. The van der Waals surface area contributed by atoms with Crippen LogP contribution in [0.5, 0.6) is 5.75 Å². The summed E-state index contributed by atoms with van der Waals surface area (Å²) in [6.45, 7) is 6.00. The number of aromatic nitrogens is 4. The van der Waals surface area contributed by atoms with Gasteiger partial charge in [0.2, 0.25) is 5.78 Å². The molecule has 0 aliphatic heterocycles. The van der Waals surface area contributed by atoms with Gasteiger partial charge in [-0.3, -0.25) is 18.6 Å². The fraction of sp³-hybridized carbons (Fsp3) is 0.182. The van der Waals surface area contributed by atoms with Crippen LogP contribution in [-0.2, 0) is 6.54 Å². The van der Waals surface area contributed by atoms with Gasteiger partial charge in [-0.05, 0) is 31.2 Å². The molecule has 0 saturated carbocycles. The smallest absolute Gasteiger partial charge is 0.263 e. The minimum absolute atomic E-state index is 0.0339. The first-order valence-electron chi connectivity index (χ1n) is 9.45. The molecule has 2 aromatic heterocycles. The van der Waals surface area contributed by atoms with Gasteiger partial charge in [0.15, 0.2) is 10.9 Å². The predicted molar refractivity (Wildman–Crippen MR) is 118 cm³/mol. The second-order valence-electron chi connectivity index (χ2n) is 6.59. The van der Waals surface area contributed by atoms with E-state index in [1.54, 1.807) is 28.8 Å². The second kappa shape index (κ2) is 8.54. The van der Waals surface area contributed by atoms with Crippen LogP contribution in [0.15, 0.2) is 71.1 Å². The highest BCUT2D eigenvalue weighted by atomic mass is 32.2. The van der Waals surface area contributed by atoms with Crippen LogP contribution in [-0.4, -0.2) is 37.3 Å². The van der Waals surface area contributed by atoms with Gasteiger partial charge < -0.3 is 4.74 Å². The van der Waals surface area contributed by atoms with Gasteiger partial charge in [0.1, 0.15) is 5.75 Å². The summed E-state index contributed by atoms with van der Waals surface area (Å²) in [6.07, 6.45) is 1.66. The lowest BCUT2D eigenvalue weighted by Gasteiger charge is -2.10. The number of thioether (sulfide) groups is 1. The fourth-order valence-electron chi connectivity index (χ4n) is 3.29. The number of hydrogen-bond acceptors (Lipinski definition) is 6. The van der Waals surface area contributed by atoms with Crippen LogP contribution in [0.25, 0.3) is 16.7 Å². The van der Waals surface area contributed by atoms with E-state index in [0.717, 1.165) is 5.52 Å². The number of benzene rings is 2. The predicted octanol–water partition coefficient (Wildman–Crippen LogP) is 3.60. The zero-order chi connectivity index (χ0) is 21.1. The number of ether oxygens (including phenoxy) is 1. The third-order valence-corrected chi connectivity index (χ3v) is 5.52. The summed E-state index contributed by atoms with van der Waals surface area (Å²) in [5, 5.41) is 9.80. The molecule has 0 N–H and O–H groups in total. The molecule has 0 aliphatic rings. The molecule has 0 saturated heterocycles. The minimum atomic E-state index is -0.119. The maximum atomic E-state index is 12.8. The highest BCUT2D eigenvalue weighted by molar-refractivity contribution is 7.99. The molecule has 0 radical (unpaired) electrons. The average Bonchev–Trinajstić information content (AvgIpc) is 3.18. The number of carbonyl (C=O) groups is 1. The minimum Gasteiger partial charge on any atom is -0.492 e. The summed E-state index contributed by atoms with van der Waals surface area (Å²) in [7, 11) is 0. The molecule has 7 nitrogen and oxygen atoms in total. The Kier molecular flexibility index (Phi) is 5.67. The highest BCUT2D eigenvalue weighted by Gasteiger charge is 2.16. The second-order valence-corrected chi connectivity index (χ2v) is 7.65. The normalized spacial score (nSPS) is 11.1. The van der Waals surface area contributed by atoms with E-state index in [1.165, 1.54) is 18.7 Å². The van der Waals surface area contributed by atoms with Crippen LogP contribution in [0.3, 0.4) is 0 Å². The van der Waals surface area contributed by atoms with E-state index in [2.05, 4.69) is 16.8 Å². The first kappa shape index (κ1) is 19.9. The Morgan fingerprint density at radius 1 is 1.17 bits per heavy atom. The van der Waals surface area contributed by atoms with Gasteiger partial charge in [-0.1, -0.05) is 42.1 Å². The summed E-state index contributed by atoms with van der Waals surface area (Å²) >= 11 is 1.48. The van der Waals surface area contributed by atoms with Crippen LogP contribution in [0.1, 0.15) is 17.3 Å². The molecule has 2 aromatic carbocycles. The third-order valence-electron chi connectivity index (χ3n) is 4.63. The van der Waals surface area contributed by atoms with Crippen LogP contribution >= 0.6 is 11.8 Å². The van der Waals surface area contributed by atoms with E-state index in [-0.39, 0.29) is 11.3 Å². The topological polar surface area (TPSA) is 78.5 Å². The molecule has 0 atom stereocenters. The van der Waals surface area contributed by atoms with Gasteiger partial charge >= 0.3 is 0 Å². The van der Waals surface area contributed by atoms with E-state index in [4.69, 9.17) is 4.74 Å². The third kappa shape index (κ3) is 3.61. The maximum Gasteiger partial charge on any atom is 0.263 e.